The summed E-state index contributed by atoms with van der Waals surface area (Å²) in [5, 5.41) is 2.73. The van der Waals surface area contributed by atoms with Crippen molar-refractivity contribution in [2.24, 2.45) is 0 Å². The fraction of sp³-hybridized carbons (Fsp3) is 0.474. The van der Waals surface area contributed by atoms with E-state index in [9.17, 15) is 19.2 Å². The van der Waals surface area contributed by atoms with E-state index in [0.717, 1.165) is 24.2 Å². The average Bonchev–Trinajstić information content (AvgIpc) is 2.90. The monoisotopic (exact) mass is 374 g/mol. The largest absolute Gasteiger partial charge is 0.497 e. The molecule has 1 saturated heterocycles. The van der Waals surface area contributed by atoms with E-state index in [0.29, 0.717) is 24.2 Å². The van der Waals surface area contributed by atoms with Crippen molar-refractivity contribution in [2.75, 3.05) is 20.3 Å². The summed E-state index contributed by atoms with van der Waals surface area (Å²) in [6, 6.07) is 5.82. The summed E-state index contributed by atoms with van der Waals surface area (Å²) in [7, 11) is 1.52. The lowest BCUT2D eigenvalue weighted by atomic mass is 9.82. The summed E-state index contributed by atoms with van der Waals surface area (Å²) in [6.07, 6.45) is 3.92. The van der Waals surface area contributed by atoms with Crippen LogP contribution in [0.25, 0.3) is 0 Å². The van der Waals surface area contributed by atoms with Gasteiger partial charge in [-0.1, -0.05) is 19.3 Å². The van der Waals surface area contributed by atoms with E-state index in [1.165, 1.54) is 7.11 Å². The maximum atomic E-state index is 12.6. The van der Waals surface area contributed by atoms with Crippen LogP contribution in [-0.2, 0) is 14.3 Å². The van der Waals surface area contributed by atoms with E-state index < -0.39 is 30.7 Å². The first-order valence-corrected chi connectivity index (χ1v) is 8.92. The Balaban J connectivity index is 1.53. The molecule has 3 rings (SSSR count). The molecular formula is C19H22N2O6. The first-order chi connectivity index (χ1) is 12.9. The van der Waals surface area contributed by atoms with Gasteiger partial charge in [-0.3, -0.25) is 19.3 Å². The molecule has 0 radical (unpaired) electrons. The van der Waals surface area contributed by atoms with Gasteiger partial charge in [-0.2, -0.15) is 0 Å². The van der Waals surface area contributed by atoms with E-state index in [4.69, 9.17) is 9.47 Å². The molecule has 0 bridgehead atoms. The molecule has 2 fully saturated rings. The minimum Gasteiger partial charge on any atom is -0.497 e. The maximum absolute atomic E-state index is 12.6. The molecule has 1 spiro atoms. The highest BCUT2D eigenvalue weighted by Crippen LogP contribution is 2.33. The number of amides is 3. The van der Waals surface area contributed by atoms with E-state index in [2.05, 4.69) is 5.32 Å². The molecule has 3 amide bonds. The van der Waals surface area contributed by atoms with Crippen molar-refractivity contribution < 1.29 is 28.7 Å². The molecule has 0 atom stereocenters. The van der Waals surface area contributed by atoms with E-state index in [1.54, 1.807) is 24.3 Å². The smallest absolute Gasteiger partial charge is 0.326 e. The third-order valence-corrected chi connectivity index (χ3v) is 5.02. The highest BCUT2D eigenvalue weighted by atomic mass is 16.5. The summed E-state index contributed by atoms with van der Waals surface area (Å²) >= 11 is 0. The summed E-state index contributed by atoms with van der Waals surface area (Å²) in [5.41, 5.74) is -0.506. The number of benzene rings is 1. The van der Waals surface area contributed by atoms with Gasteiger partial charge in [0.15, 0.2) is 12.4 Å². The highest BCUT2D eigenvalue weighted by Gasteiger charge is 2.51. The van der Waals surface area contributed by atoms with Crippen LogP contribution in [0.2, 0.25) is 0 Å². The number of carbonyl (C=O) groups is 4. The highest BCUT2D eigenvalue weighted by molar-refractivity contribution is 6.08. The van der Waals surface area contributed by atoms with Gasteiger partial charge in [0.05, 0.1) is 7.11 Å². The molecule has 0 unspecified atom stereocenters. The minimum atomic E-state index is -0.880. The molecule has 1 saturated carbocycles. The second-order valence-corrected chi connectivity index (χ2v) is 6.78. The second-order valence-electron chi connectivity index (χ2n) is 6.78. The standard InChI is InChI=1S/C19H22N2O6/c1-26-14-7-5-13(6-8-14)15(22)12-27-16(23)11-21-17(24)19(20-18(21)25)9-3-2-4-10-19/h5-8H,2-4,9-12H2,1H3,(H,20,25). The third kappa shape index (κ3) is 3.94. The number of nitrogens with zero attached hydrogens (tertiary/aromatic N) is 1. The van der Waals surface area contributed by atoms with E-state index >= 15 is 0 Å². The Morgan fingerprint density at radius 1 is 1.11 bits per heavy atom. The summed E-state index contributed by atoms with van der Waals surface area (Å²) in [6.45, 7) is -0.956. The van der Waals surface area contributed by atoms with Crippen LogP contribution in [0.3, 0.4) is 0 Å². The third-order valence-electron chi connectivity index (χ3n) is 5.02. The summed E-state index contributed by atoms with van der Waals surface area (Å²) < 4.78 is 9.97. The van der Waals surface area contributed by atoms with Gasteiger partial charge >= 0.3 is 12.0 Å². The van der Waals surface area contributed by atoms with Gasteiger partial charge in [-0.05, 0) is 37.1 Å². The molecule has 1 aromatic carbocycles. The number of esters is 1. The molecule has 2 aliphatic rings. The number of hydrogen-bond donors (Lipinski definition) is 1. The second kappa shape index (κ2) is 7.77. The minimum absolute atomic E-state index is 0.375. The lowest BCUT2D eigenvalue weighted by Crippen LogP contribution is -2.48. The number of hydrogen-bond acceptors (Lipinski definition) is 6. The van der Waals surface area contributed by atoms with Crippen LogP contribution in [0.1, 0.15) is 42.5 Å². The van der Waals surface area contributed by atoms with Gasteiger partial charge in [-0.25, -0.2) is 4.79 Å². The number of ketones is 1. The molecule has 8 heteroatoms. The van der Waals surface area contributed by atoms with Crippen LogP contribution in [0, 0.1) is 0 Å². The number of imide groups is 1. The Bertz CT molecular complexity index is 752. The van der Waals surface area contributed by atoms with Crippen LogP contribution >= 0.6 is 0 Å². The van der Waals surface area contributed by atoms with Crippen LogP contribution < -0.4 is 10.1 Å². The first-order valence-electron chi connectivity index (χ1n) is 8.92. The zero-order chi connectivity index (χ0) is 19.4. The maximum Gasteiger partial charge on any atom is 0.326 e. The quantitative estimate of drug-likeness (QED) is 0.462. The normalized spacial score (nSPS) is 18.3. The van der Waals surface area contributed by atoms with Crippen LogP contribution in [0.4, 0.5) is 4.79 Å². The Labute approximate surface area is 156 Å². The van der Waals surface area contributed by atoms with Gasteiger partial charge in [-0.15, -0.1) is 0 Å². The molecule has 1 aromatic rings. The van der Waals surface area contributed by atoms with Gasteiger partial charge in [0, 0.05) is 5.56 Å². The van der Waals surface area contributed by atoms with E-state index in [1.807, 2.05) is 0 Å². The van der Waals surface area contributed by atoms with Gasteiger partial charge in [0.25, 0.3) is 5.91 Å². The predicted octanol–water partition coefficient (Wildman–Crippen LogP) is 1.68. The van der Waals surface area contributed by atoms with E-state index in [-0.39, 0.29) is 11.7 Å². The zero-order valence-electron chi connectivity index (χ0n) is 15.2. The van der Waals surface area contributed by atoms with Crippen LogP contribution in [0.15, 0.2) is 24.3 Å². The van der Waals surface area contributed by atoms with Crippen molar-refractivity contribution in [3.05, 3.63) is 29.8 Å². The molecule has 1 heterocycles. The topological polar surface area (TPSA) is 102 Å². The van der Waals surface area contributed by atoms with Crippen molar-refractivity contribution in [2.45, 2.75) is 37.6 Å². The van der Waals surface area contributed by atoms with Crippen molar-refractivity contribution in [3.8, 4) is 5.75 Å². The average molecular weight is 374 g/mol. The number of urea groups is 1. The Morgan fingerprint density at radius 3 is 2.41 bits per heavy atom. The molecule has 1 aliphatic heterocycles. The van der Waals surface area contributed by atoms with Gasteiger partial charge < -0.3 is 14.8 Å². The Kier molecular flexibility index (Phi) is 5.43. The number of rotatable bonds is 6. The molecule has 8 nitrogen and oxygen atoms in total. The number of carbonyl (C=O) groups excluding carboxylic acids is 4. The molecule has 1 N–H and O–H groups in total. The fourth-order valence-corrected chi connectivity index (χ4v) is 3.50. The van der Waals surface area contributed by atoms with Crippen molar-refractivity contribution in [3.63, 3.8) is 0 Å². The fourth-order valence-electron chi connectivity index (χ4n) is 3.50. The number of nitrogens with one attached hydrogen (secondary N) is 1. The number of methoxy groups -OCH3 is 1. The lowest BCUT2D eigenvalue weighted by molar-refractivity contribution is -0.147. The number of Topliss-reactive ketones (excluding diaryl/α,β-unsaturated/α-hetero) is 1. The molecule has 144 valence electrons. The lowest BCUT2D eigenvalue weighted by Gasteiger charge is -2.30. The van der Waals surface area contributed by atoms with Crippen LogP contribution in [0.5, 0.6) is 5.75 Å². The number of ether oxygens (including phenoxy) is 2. The summed E-state index contributed by atoms with van der Waals surface area (Å²) in [4.78, 5) is 49.7. The Hall–Kier alpha value is -2.90. The molecule has 0 aromatic heterocycles. The molecule has 27 heavy (non-hydrogen) atoms. The SMILES string of the molecule is COc1ccc(C(=O)COC(=O)CN2C(=O)NC3(CCCCC3)C2=O)cc1. The van der Waals surface area contributed by atoms with Crippen molar-refractivity contribution >= 4 is 23.7 Å². The van der Waals surface area contributed by atoms with Crippen molar-refractivity contribution in [1.82, 2.24) is 10.2 Å². The predicted molar refractivity (Wildman–Crippen MR) is 94.3 cm³/mol. The summed E-state index contributed by atoms with van der Waals surface area (Å²) in [5.74, 6) is -0.954. The van der Waals surface area contributed by atoms with Gasteiger partial charge in [0.1, 0.15) is 17.8 Å². The van der Waals surface area contributed by atoms with Gasteiger partial charge in [0.2, 0.25) is 0 Å². The Morgan fingerprint density at radius 2 is 1.78 bits per heavy atom. The zero-order valence-corrected chi connectivity index (χ0v) is 15.2. The molecular weight excluding hydrogens is 352 g/mol. The van der Waals surface area contributed by atoms with Crippen LogP contribution in [-0.4, -0.2) is 54.4 Å². The molecule has 1 aliphatic carbocycles. The van der Waals surface area contributed by atoms with Crippen molar-refractivity contribution in [1.29, 1.82) is 0 Å². The first kappa shape index (κ1) is 18.9.